The highest BCUT2D eigenvalue weighted by molar-refractivity contribution is 5.97. The van der Waals surface area contributed by atoms with Crippen LogP contribution in [0.5, 0.6) is 11.5 Å². The quantitative estimate of drug-likeness (QED) is 0.421. The number of aromatic hydroxyl groups is 1. The van der Waals surface area contributed by atoms with E-state index in [-0.39, 0.29) is 29.2 Å². The van der Waals surface area contributed by atoms with Gasteiger partial charge in [-0.1, -0.05) is 12.1 Å². The molecule has 0 aliphatic rings. The summed E-state index contributed by atoms with van der Waals surface area (Å²) in [7, 11) is 0. The van der Waals surface area contributed by atoms with Crippen LogP contribution in [-0.4, -0.2) is 28.1 Å². The number of rotatable bonds is 6. The molecule has 0 spiro atoms. The van der Waals surface area contributed by atoms with Gasteiger partial charge in [0, 0.05) is 12.0 Å². The Labute approximate surface area is 143 Å². The summed E-state index contributed by atoms with van der Waals surface area (Å²) in [5.74, 6) is -1.82. The van der Waals surface area contributed by atoms with Crippen LogP contribution in [0.2, 0.25) is 0 Å². The molecule has 1 amide bonds. The zero-order valence-corrected chi connectivity index (χ0v) is 13.1. The summed E-state index contributed by atoms with van der Waals surface area (Å²) in [4.78, 5) is 34.5. The van der Waals surface area contributed by atoms with Gasteiger partial charge in [-0.15, -0.1) is 6.58 Å². The molecule has 0 bridgehead atoms. The molecule has 0 saturated heterocycles. The van der Waals surface area contributed by atoms with E-state index in [0.29, 0.717) is 5.56 Å². The van der Waals surface area contributed by atoms with E-state index in [1.54, 1.807) is 0 Å². The van der Waals surface area contributed by atoms with E-state index in [9.17, 15) is 19.5 Å². The van der Waals surface area contributed by atoms with Crippen molar-refractivity contribution in [2.45, 2.75) is 6.42 Å². The van der Waals surface area contributed by atoms with Crippen molar-refractivity contribution in [3.8, 4) is 11.5 Å². The first kappa shape index (κ1) is 17.7. The molecule has 0 aliphatic heterocycles. The Morgan fingerprint density at radius 1 is 1.12 bits per heavy atom. The van der Waals surface area contributed by atoms with Crippen molar-refractivity contribution in [1.82, 2.24) is 0 Å². The Balaban J connectivity index is 2.06. The number of anilines is 1. The standard InChI is InChI=1S/C18H15NO6/c1-2-4-15(20)11-7-9-12(10-8-11)25-18(24)19-14-6-3-5-13(16(14)21)17(22)23/h2-3,5-10,21H,1,4H2,(H,19,24)(H,22,23). The highest BCUT2D eigenvalue weighted by Crippen LogP contribution is 2.27. The van der Waals surface area contributed by atoms with Crippen LogP contribution in [0.3, 0.4) is 0 Å². The second kappa shape index (κ2) is 7.78. The van der Waals surface area contributed by atoms with Crippen molar-refractivity contribution in [3.63, 3.8) is 0 Å². The third kappa shape index (κ3) is 4.44. The molecule has 128 valence electrons. The van der Waals surface area contributed by atoms with Crippen molar-refractivity contribution in [2.24, 2.45) is 0 Å². The van der Waals surface area contributed by atoms with Gasteiger partial charge in [-0.25, -0.2) is 9.59 Å². The van der Waals surface area contributed by atoms with E-state index in [1.165, 1.54) is 48.5 Å². The number of para-hydroxylation sites is 1. The molecule has 3 N–H and O–H groups in total. The lowest BCUT2D eigenvalue weighted by Crippen LogP contribution is -2.17. The molecule has 0 saturated carbocycles. The van der Waals surface area contributed by atoms with Gasteiger partial charge in [-0.3, -0.25) is 10.1 Å². The molecular formula is C18H15NO6. The third-order valence-corrected chi connectivity index (χ3v) is 3.22. The molecule has 0 aromatic heterocycles. The fourth-order valence-electron chi connectivity index (χ4n) is 2.02. The number of allylic oxidation sites excluding steroid dienone is 1. The maximum atomic E-state index is 11.9. The fourth-order valence-corrected chi connectivity index (χ4v) is 2.02. The number of nitrogens with one attached hydrogen (secondary N) is 1. The Morgan fingerprint density at radius 3 is 2.40 bits per heavy atom. The molecule has 2 rings (SSSR count). The third-order valence-electron chi connectivity index (χ3n) is 3.22. The van der Waals surface area contributed by atoms with Gasteiger partial charge < -0.3 is 14.9 Å². The Morgan fingerprint density at radius 2 is 1.80 bits per heavy atom. The average Bonchev–Trinajstić information content (AvgIpc) is 2.57. The molecular weight excluding hydrogens is 326 g/mol. The van der Waals surface area contributed by atoms with Gasteiger partial charge in [0.05, 0.1) is 5.69 Å². The summed E-state index contributed by atoms with van der Waals surface area (Å²) >= 11 is 0. The van der Waals surface area contributed by atoms with Crippen molar-refractivity contribution in [1.29, 1.82) is 0 Å². The number of Topliss-reactive ketones (excluding diaryl/α,β-unsaturated/α-hetero) is 1. The SMILES string of the molecule is C=CCC(=O)c1ccc(OC(=O)Nc2cccc(C(=O)O)c2O)cc1. The van der Waals surface area contributed by atoms with Crippen LogP contribution < -0.4 is 10.1 Å². The lowest BCUT2D eigenvalue weighted by atomic mass is 10.1. The van der Waals surface area contributed by atoms with Crippen LogP contribution in [-0.2, 0) is 0 Å². The monoisotopic (exact) mass is 341 g/mol. The summed E-state index contributed by atoms with van der Waals surface area (Å²) in [6.07, 6.45) is 0.792. The van der Waals surface area contributed by atoms with Gasteiger partial charge in [0.2, 0.25) is 0 Å². The van der Waals surface area contributed by atoms with Crippen molar-refractivity contribution >= 4 is 23.5 Å². The molecule has 0 unspecified atom stereocenters. The minimum absolute atomic E-state index is 0.0947. The summed E-state index contributed by atoms with van der Waals surface area (Å²) in [5, 5.41) is 21.0. The van der Waals surface area contributed by atoms with E-state index in [4.69, 9.17) is 9.84 Å². The molecule has 0 heterocycles. The zero-order valence-electron chi connectivity index (χ0n) is 13.1. The number of ketones is 1. The number of hydrogen-bond donors (Lipinski definition) is 3. The lowest BCUT2D eigenvalue weighted by molar-refractivity contribution is 0.0693. The number of ether oxygens (including phenoxy) is 1. The number of carboxylic acids is 1. The normalized spacial score (nSPS) is 9.92. The molecule has 25 heavy (non-hydrogen) atoms. The van der Waals surface area contributed by atoms with Crippen molar-refractivity contribution < 1.29 is 29.3 Å². The number of carbonyl (C=O) groups is 3. The second-order valence-electron chi connectivity index (χ2n) is 4.96. The van der Waals surface area contributed by atoms with Crippen LogP contribution >= 0.6 is 0 Å². The number of carboxylic acid groups (broad SMARTS) is 1. The van der Waals surface area contributed by atoms with Gasteiger partial charge in [0.1, 0.15) is 11.3 Å². The minimum atomic E-state index is -1.32. The highest BCUT2D eigenvalue weighted by Gasteiger charge is 2.15. The van der Waals surface area contributed by atoms with E-state index in [0.717, 1.165) is 0 Å². The van der Waals surface area contributed by atoms with E-state index >= 15 is 0 Å². The lowest BCUT2D eigenvalue weighted by Gasteiger charge is -2.09. The average molecular weight is 341 g/mol. The maximum Gasteiger partial charge on any atom is 0.417 e. The molecule has 0 aliphatic carbocycles. The minimum Gasteiger partial charge on any atom is -0.505 e. The molecule has 0 atom stereocenters. The Hall–Kier alpha value is -3.61. The first-order chi connectivity index (χ1) is 11.9. The summed E-state index contributed by atoms with van der Waals surface area (Å²) in [5.41, 5.74) is 0.0185. The number of amides is 1. The van der Waals surface area contributed by atoms with Gasteiger partial charge in [-0.05, 0) is 36.4 Å². The number of benzene rings is 2. The van der Waals surface area contributed by atoms with E-state index in [1.807, 2.05) is 0 Å². The fraction of sp³-hybridized carbons (Fsp3) is 0.0556. The van der Waals surface area contributed by atoms with Gasteiger partial charge in [-0.2, -0.15) is 0 Å². The first-order valence-electron chi connectivity index (χ1n) is 7.20. The smallest absolute Gasteiger partial charge is 0.417 e. The van der Waals surface area contributed by atoms with Crippen molar-refractivity contribution in [3.05, 3.63) is 66.2 Å². The van der Waals surface area contributed by atoms with Crippen LogP contribution in [0, 0.1) is 0 Å². The number of hydrogen-bond acceptors (Lipinski definition) is 5. The van der Waals surface area contributed by atoms with Gasteiger partial charge in [0.25, 0.3) is 0 Å². The molecule has 7 nitrogen and oxygen atoms in total. The van der Waals surface area contributed by atoms with Gasteiger partial charge >= 0.3 is 12.1 Å². The Kier molecular flexibility index (Phi) is 5.52. The predicted molar refractivity (Wildman–Crippen MR) is 90.3 cm³/mol. The topological polar surface area (TPSA) is 113 Å². The number of phenols is 1. The first-order valence-corrected chi connectivity index (χ1v) is 7.20. The summed E-state index contributed by atoms with van der Waals surface area (Å²) in [6, 6.07) is 9.83. The van der Waals surface area contributed by atoms with Crippen molar-refractivity contribution in [2.75, 3.05) is 5.32 Å². The molecule has 0 radical (unpaired) electrons. The van der Waals surface area contributed by atoms with Crippen LogP contribution in [0.25, 0.3) is 0 Å². The van der Waals surface area contributed by atoms with E-state index in [2.05, 4.69) is 11.9 Å². The van der Waals surface area contributed by atoms with E-state index < -0.39 is 17.8 Å². The zero-order chi connectivity index (χ0) is 18.4. The van der Waals surface area contributed by atoms with Crippen LogP contribution in [0.1, 0.15) is 27.1 Å². The van der Waals surface area contributed by atoms with Gasteiger partial charge in [0.15, 0.2) is 11.5 Å². The second-order valence-corrected chi connectivity index (χ2v) is 4.96. The Bertz CT molecular complexity index is 826. The summed E-state index contributed by atoms with van der Waals surface area (Å²) in [6.45, 7) is 3.49. The van der Waals surface area contributed by atoms with Crippen LogP contribution in [0.15, 0.2) is 55.1 Å². The largest absolute Gasteiger partial charge is 0.505 e. The predicted octanol–water partition coefficient (Wildman–Crippen LogP) is 3.46. The number of aromatic carboxylic acids is 1. The highest BCUT2D eigenvalue weighted by atomic mass is 16.6. The summed E-state index contributed by atoms with van der Waals surface area (Å²) < 4.78 is 5.03. The number of carbonyl (C=O) groups excluding carboxylic acids is 2. The maximum absolute atomic E-state index is 11.9. The molecule has 0 fully saturated rings. The molecule has 7 heteroatoms. The van der Waals surface area contributed by atoms with Crippen LogP contribution in [0.4, 0.5) is 10.5 Å². The molecule has 2 aromatic rings. The molecule has 2 aromatic carbocycles.